The van der Waals surface area contributed by atoms with Crippen LogP contribution in [0.15, 0.2) is 6.33 Å². The highest BCUT2D eigenvalue weighted by molar-refractivity contribution is 7.53. The van der Waals surface area contributed by atoms with Crippen molar-refractivity contribution in [1.82, 2.24) is 19.5 Å². The monoisotopic (exact) mass is 520 g/mol. The molecule has 0 amide bonds. The first-order chi connectivity index (χ1) is 15.5. The number of nitrogen functional groups attached to an aromatic ring is 1. The second-order valence-electron chi connectivity index (χ2n) is 8.47. The molecule has 0 spiro atoms. The number of nitrogens with zero attached hydrogens (tertiary/aromatic N) is 4. The van der Waals surface area contributed by atoms with Crippen LogP contribution in [0.5, 0.6) is 0 Å². The molecular formula is C17H23F6N6O4P. The zero-order valence-corrected chi connectivity index (χ0v) is 18.9. The predicted octanol–water partition coefficient (Wildman–Crippen LogP) is 4.17. The third-order valence-corrected chi connectivity index (χ3v) is 6.47. The molecule has 3 rings (SSSR count). The van der Waals surface area contributed by atoms with E-state index in [0.717, 1.165) is 0 Å². The number of imidazole rings is 1. The first-order valence-corrected chi connectivity index (χ1v) is 11.7. The molecule has 192 valence electrons. The minimum Gasteiger partial charge on any atom is -0.368 e. The molecule has 1 saturated carbocycles. The van der Waals surface area contributed by atoms with E-state index >= 15 is 0 Å². The van der Waals surface area contributed by atoms with Crippen LogP contribution in [0.1, 0.15) is 39.5 Å². The van der Waals surface area contributed by atoms with Gasteiger partial charge in [-0.15, -0.1) is 4.67 Å². The zero-order valence-electron chi connectivity index (χ0n) is 18.0. The number of rotatable bonds is 10. The standard InChI is InChI=1S/C17H23F6N6O4P/c1-9(2)26-12-11-13(28-14(24)27-12)29(8-25-11)7-15(3-4-15)32-33-34(30,31)10(5-16(18,19)20)6-17(21,22)23/h8-10H,3-7H2,1-2H3,(H,30,31)(H3,24,26,27,28). The van der Waals surface area contributed by atoms with E-state index in [0.29, 0.717) is 11.3 Å². The van der Waals surface area contributed by atoms with E-state index in [1.807, 2.05) is 13.8 Å². The summed E-state index contributed by atoms with van der Waals surface area (Å²) in [5.74, 6) is 0.293. The maximum absolute atomic E-state index is 12.7. The minimum atomic E-state index is -5.46. The average molecular weight is 520 g/mol. The largest absolute Gasteiger partial charge is 0.390 e. The van der Waals surface area contributed by atoms with E-state index in [1.165, 1.54) is 10.9 Å². The Morgan fingerprint density at radius 3 is 2.29 bits per heavy atom. The minimum absolute atomic E-state index is 0.00537. The second kappa shape index (κ2) is 9.13. The van der Waals surface area contributed by atoms with Crippen molar-refractivity contribution < 1.29 is 45.4 Å². The van der Waals surface area contributed by atoms with Crippen molar-refractivity contribution in [1.29, 1.82) is 0 Å². The molecule has 0 saturated heterocycles. The van der Waals surface area contributed by atoms with Crippen molar-refractivity contribution in [2.75, 3.05) is 11.1 Å². The van der Waals surface area contributed by atoms with Crippen molar-refractivity contribution in [3.8, 4) is 0 Å². The van der Waals surface area contributed by atoms with Crippen LogP contribution < -0.4 is 11.1 Å². The number of anilines is 2. The SMILES string of the molecule is CC(C)Nc1nc(N)nc2c1ncn2CC1(OOP(=O)(O)C(CC(F)(F)F)CC(F)(F)F)CC1. The molecule has 0 aromatic carbocycles. The molecule has 0 aliphatic heterocycles. The summed E-state index contributed by atoms with van der Waals surface area (Å²) < 4.78 is 94.4. The van der Waals surface area contributed by atoms with Gasteiger partial charge in [0.1, 0.15) is 5.60 Å². The van der Waals surface area contributed by atoms with Gasteiger partial charge in [0.25, 0.3) is 0 Å². The Morgan fingerprint density at radius 2 is 1.79 bits per heavy atom. The average Bonchev–Trinajstić information content (AvgIpc) is 3.30. The summed E-state index contributed by atoms with van der Waals surface area (Å²) in [4.78, 5) is 27.3. The van der Waals surface area contributed by atoms with Crippen molar-refractivity contribution >= 4 is 30.5 Å². The smallest absolute Gasteiger partial charge is 0.368 e. The molecule has 0 bridgehead atoms. The molecule has 1 atom stereocenters. The van der Waals surface area contributed by atoms with Gasteiger partial charge in [0.2, 0.25) is 5.95 Å². The van der Waals surface area contributed by atoms with E-state index in [2.05, 4.69) is 24.9 Å². The molecule has 1 aliphatic rings. The fourth-order valence-electron chi connectivity index (χ4n) is 3.20. The van der Waals surface area contributed by atoms with E-state index in [9.17, 15) is 35.8 Å². The van der Waals surface area contributed by atoms with Gasteiger partial charge < -0.3 is 20.5 Å². The molecule has 17 heteroatoms. The number of hydrogen-bond donors (Lipinski definition) is 3. The number of aromatic nitrogens is 4. The lowest BCUT2D eigenvalue weighted by Gasteiger charge is -2.25. The summed E-state index contributed by atoms with van der Waals surface area (Å²) in [7, 11) is -5.46. The molecule has 1 fully saturated rings. The molecule has 34 heavy (non-hydrogen) atoms. The van der Waals surface area contributed by atoms with Crippen molar-refractivity contribution in [3.05, 3.63) is 6.33 Å². The van der Waals surface area contributed by atoms with Crippen LogP contribution in [-0.4, -0.2) is 54.1 Å². The fourth-order valence-corrected chi connectivity index (χ4v) is 4.46. The summed E-state index contributed by atoms with van der Waals surface area (Å²) in [6, 6.07) is -0.00537. The van der Waals surface area contributed by atoms with Gasteiger partial charge in [0.15, 0.2) is 17.0 Å². The van der Waals surface area contributed by atoms with Crippen LogP contribution in [0.2, 0.25) is 0 Å². The maximum Gasteiger partial charge on any atom is 0.390 e. The Bertz CT molecular complexity index is 1060. The quantitative estimate of drug-likeness (QED) is 0.182. The molecule has 10 nitrogen and oxygen atoms in total. The van der Waals surface area contributed by atoms with Crippen molar-refractivity contribution in [3.63, 3.8) is 0 Å². The molecule has 1 aliphatic carbocycles. The Hall–Kier alpha value is -2.16. The number of halogens is 6. The lowest BCUT2D eigenvalue weighted by Crippen LogP contribution is -2.28. The molecule has 2 aromatic rings. The summed E-state index contributed by atoms with van der Waals surface area (Å²) in [6.45, 7) is 3.66. The first-order valence-electron chi connectivity index (χ1n) is 10.1. The van der Waals surface area contributed by atoms with E-state index in [-0.39, 0.29) is 37.0 Å². The van der Waals surface area contributed by atoms with Gasteiger partial charge >= 0.3 is 19.9 Å². The van der Waals surface area contributed by atoms with Crippen molar-refractivity contribution in [2.45, 2.75) is 75.7 Å². The van der Waals surface area contributed by atoms with Crippen LogP contribution in [-0.2, 0) is 20.7 Å². The number of alkyl halides is 6. The van der Waals surface area contributed by atoms with Gasteiger partial charge in [-0.3, -0.25) is 4.57 Å². The Kier molecular flexibility index (Phi) is 7.10. The van der Waals surface area contributed by atoms with Gasteiger partial charge in [-0.2, -0.15) is 36.3 Å². The topological polar surface area (TPSA) is 137 Å². The van der Waals surface area contributed by atoms with Gasteiger partial charge in [-0.05, 0) is 26.7 Å². The van der Waals surface area contributed by atoms with Gasteiger partial charge in [0.05, 0.1) is 31.4 Å². The van der Waals surface area contributed by atoms with Gasteiger partial charge in [0, 0.05) is 6.04 Å². The number of fused-ring (bicyclic) bond motifs is 1. The van der Waals surface area contributed by atoms with Gasteiger partial charge in [-0.1, -0.05) is 0 Å². The molecule has 2 aromatic heterocycles. The zero-order chi connectivity index (χ0) is 25.5. The van der Waals surface area contributed by atoms with E-state index < -0.39 is 44.1 Å². The maximum atomic E-state index is 12.7. The lowest BCUT2D eigenvalue weighted by molar-refractivity contribution is -0.268. The third-order valence-electron chi connectivity index (χ3n) is 4.89. The number of nitrogens with one attached hydrogen (secondary N) is 1. The number of nitrogens with two attached hydrogens (primary N) is 1. The molecule has 1 unspecified atom stereocenters. The summed E-state index contributed by atoms with van der Waals surface area (Å²) in [5, 5.41) is 3.06. The Balaban J connectivity index is 1.76. The predicted molar refractivity (Wildman–Crippen MR) is 108 cm³/mol. The highest BCUT2D eigenvalue weighted by Crippen LogP contribution is 2.57. The van der Waals surface area contributed by atoms with Crippen LogP contribution in [0.4, 0.5) is 38.1 Å². The van der Waals surface area contributed by atoms with Gasteiger partial charge in [-0.25, -0.2) is 9.87 Å². The Morgan fingerprint density at radius 1 is 1.21 bits per heavy atom. The third kappa shape index (κ3) is 6.93. The normalized spacial score (nSPS) is 18.0. The molecular weight excluding hydrogens is 497 g/mol. The molecule has 2 heterocycles. The van der Waals surface area contributed by atoms with Crippen LogP contribution >= 0.6 is 7.60 Å². The molecule has 0 radical (unpaired) electrons. The van der Waals surface area contributed by atoms with Crippen molar-refractivity contribution in [2.24, 2.45) is 0 Å². The summed E-state index contributed by atoms with van der Waals surface area (Å²) >= 11 is 0. The van der Waals surface area contributed by atoms with Crippen LogP contribution in [0, 0.1) is 0 Å². The highest BCUT2D eigenvalue weighted by Gasteiger charge is 2.52. The van der Waals surface area contributed by atoms with E-state index in [4.69, 9.17) is 10.6 Å². The second-order valence-corrected chi connectivity index (χ2v) is 10.5. The summed E-state index contributed by atoms with van der Waals surface area (Å²) in [6.07, 6.45) is -12.7. The fraction of sp³-hybridized carbons (Fsp3) is 0.706. The molecule has 4 N–H and O–H groups in total. The van der Waals surface area contributed by atoms with E-state index in [1.54, 1.807) is 0 Å². The lowest BCUT2D eigenvalue weighted by atomic mass is 10.2. The first kappa shape index (κ1) is 26.4. The van der Waals surface area contributed by atoms with Crippen LogP contribution in [0.3, 0.4) is 0 Å². The number of hydrogen-bond acceptors (Lipinski definition) is 8. The Labute approximate surface area is 189 Å². The summed E-state index contributed by atoms with van der Waals surface area (Å²) in [5.41, 5.74) is 2.36. The highest BCUT2D eigenvalue weighted by atomic mass is 31.2. The van der Waals surface area contributed by atoms with Crippen LogP contribution in [0.25, 0.3) is 11.2 Å².